The molecule has 0 radical (unpaired) electrons. The molecule has 0 amide bonds. The van der Waals surface area contributed by atoms with Crippen LogP contribution in [0.1, 0.15) is 11.3 Å². The Labute approximate surface area is 125 Å². The van der Waals surface area contributed by atoms with Crippen LogP contribution in [0.25, 0.3) is 0 Å². The van der Waals surface area contributed by atoms with Crippen LogP contribution in [0.5, 0.6) is 11.5 Å². The van der Waals surface area contributed by atoms with Gasteiger partial charge in [-0.2, -0.15) is 0 Å². The van der Waals surface area contributed by atoms with Crippen molar-refractivity contribution in [2.75, 3.05) is 13.2 Å². The summed E-state index contributed by atoms with van der Waals surface area (Å²) in [7, 11) is -1.18. The summed E-state index contributed by atoms with van der Waals surface area (Å²) in [6.45, 7) is 1.41. The first-order valence-electron chi connectivity index (χ1n) is 6.69. The van der Waals surface area contributed by atoms with E-state index in [4.69, 9.17) is 15.2 Å². The highest BCUT2D eigenvalue weighted by atomic mass is 32.2. The van der Waals surface area contributed by atoms with Gasteiger partial charge in [-0.3, -0.25) is 9.19 Å². The van der Waals surface area contributed by atoms with Crippen LogP contribution in [-0.4, -0.2) is 22.4 Å². The van der Waals surface area contributed by atoms with E-state index in [9.17, 15) is 4.21 Å². The maximum Gasteiger partial charge on any atom is 0.162 e. The van der Waals surface area contributed by atoms with Gasteiger partial charge in [0.15, 0.2) is 11.5 Å². The molecule has 5 nitrogen and oxygen atoms in total. The lowest BCUT2D eigenvalue weighted by atomic mass is 10.2. The van der Waals surface area contributed by atoms with E-state index in [2.05, 4.69) is 4.98 Å². The van der Waals surface area contributed by atoms with Crippen molar-refractivity contribution < 1.29 is 13.7 Å². The number of fused-ring (bicyclic) bond motifs is 1. The first-order chi connectivity index (χ1) is 10.3. The van der Waals surface area contributed by atoms with Gasteiger partial charge in [0.25, 0.3) is 0 Å². The SMILES string of the molecule is NCc1ncccc1CS(=O)c1ccc2c(c1)OCCO2. The predicted molar refractivity (Wildman–Crippen MR) is 79.7 cm³/mol. The molecule has 6 heteroatoms. The smallest absolute Gasteiger partial charge is 0.162 e. The van der Waals surface area contributed by atoms with Crippen LogP contribution in [0.4, 0.5) is 0 Å². The van der Waals surface area contributed by atoms with Crippen LogP contribution in [0.2, 0.25) is 0 Å². The van der Waals surface area contributed by atoms with Gasteiger partial charge in [-0.25, -0.2) is 0 Å². The Kier molecular flexibility index (Phi) is 4.17. The minimum absolute atomic E-state index is 0.342. The molecule has 0 spiro atoms. The van der Waals surface area contributed by atoms with Gasteiger partial charge in [0.2, 0.25) is 0 Å². The number of ether oxygens (including phenoxy) is 2. The molecule has 0 saturated heterocycles. The highest BCUT2D eigenvalue weighted by molar-refractivity contribution is 7.84. The fraction of sp³-hybridized carbons (Fsp3) is 0.267. The van der Waals surface area contributed by atoms with Gasteiger partial charge >= 0.3 is 0 Å². The lowest BCUT2D eigenvalue weighted by Crippen LogP contribution is -2.15. The summed E-state index contributed by atoms with van der Waals surface area (Å²) in [5.41, 5.74) is 7.35. The van der Waals surface area contributed by atoms with E-state index in [1.165, 1.54) is 0 Å². The largest absolute Gasteiger partial charge is 0.486 e. The summed E-state index contributed by atoms with van der Waals surface area (Å²) < 4.78 is 23.5. The molecular weight excluding hydrogens is 288 g/mol. The minimum atomic E-state index is -1.18. The van der Waals surface area contributed by atoms with Crippen molar-refractivity contribution in [3.63, 3.8) is 0 Å². The average molecular weight is 304 g/mol. The van der Waals surface area contributed by atoms with Crippen LogP contribution in [0.15, 0.2) is 41.4 Å². The zero-order valence-corrected chi connectivity index (χ0v) is 12.3. The normalized spacial score (nSPS) is 14.7. The molecule has 1 unspecified atom stereocenters. The van der Waals surface area contributed by atoms with E-state index in [0.717, 1.165) is 11.3 Å². The Hall–Kier alpha value is -1.92. The molecule has 0 bridgehead atoms. The number of hydrogen-bond donors (Lipinski definition) is 1. The van der Waals surface area contributed by atoms with Crippen LogP contribution < -0.4 is 15.2 Å². The van der Waals surface area contributed by atoms with E-state index in [1.807, 2.05) is 18.2 Å². The van der Waals surface area contributed by atoms with Gasteiger partial charge in [0.05, 0.1) is 22.2 Å². The molecule has 110 valence electrons. The van der Waals surface area contributed by atoms with E-state index in [0.29, 0.717) is 41.9 Å². The van der Waals surface area contributed by atoms with Gasteiger partial charge in [-0.1, -0.05) is 6.07 Å². The summed E-state index contributed by atoms with van der Waals surface area (Å²) >= 11 is 0. The standard InChI is InChI=1S/C15H16N2O3S/c16-9-13-11(2-1-5-17-13)10-21(18)12-3-4-14-15(8-12)20-7-6-19-14/h1-5,8H,6-7,9-10,16H2. The monoisotopic (exact) mass is 304 g/mol. The van der Waals surface area contributed by atoms with Gasteiger partial charge in [-0.05, 0) is 23.8 Å². The second kappa shape index (κ2) is 6.24. The lowest BCUT2D eigenvalue weighted by molar-refractivity contribution is 0.171. The van der Waals surface area contributed by atoms with Crippen molar-refractivity contribution in [1.82, 2.24) is 4.98 Å². The van der Waals surface area contributed by atoms with Crippen molar-refractivity contribution in [2.24, 2.45) is 5.73 Å². The van der Waals surface area contributed by atoms with Gasteiger partial charge in [0, 0.05) is 23.7 Å². The Balaban J connectivity index is 1.82. The van der Waals surface area contributed by atoms with E-state index in [-0.39, 0.29) is 0 Å². The lowest BCUT2D eigenvalue weighted by Gasteiger charge is -2.18. The molecule has 1 atom stereocenters. The van der Waals surface area contributed by atoms with Gasteiger partial charge in [-0.15, -0.1) is 0 Å². The predicted octanol–water partition coefficient (Wildman–Crippen LogP) is 1.62. The van der Waals surface area contributed by atoms with E-state index in [1.54, 1.807) is 18.3 Å². The second-order valence-corrected chi connectivity index (χ2v) is 6.06. The Bertz CT molecular complexity index is 676. The highest BCUT2D eigenvalue weighted by Gasteiger charge is 2.15. The number of hydrogen-bond acceptors (Lipinski definition) is 5. The number of pyridine rings is 1. The van der Waals surface area contributed by atoms with Crippen LogP contribution >= 0.6 is 0 Å². The molecule has 1 aliphatic heterocycles. The minimum Gasteiger partial charge on any atom is -0.486 e. The highest BCUT2D eigenvalue weighted by Crippen LogP contribution is 2.32. The Morgan fingerprint density at radius 1 is 1.19 bits per heavy atom. The van der Waals surface area contributed by atoms with Crippen LogP contribution in [-0.2, 0) is 23.1 Å². The summed E-state index contributed by atoms with van der Waals surface area (Å²) in [4.78, 5) is 4.92. The van der Waals surface area contributed by atoms with Gasteiger partial charge in [0.1, 0.15) is 13.2 Å². The third kappa shape index (κ3) is 3.06. The molecule has 1 aromatic heterocycles. The molecule has 0 saturated carbocycles. The zero-order chi connectivity index (χ0) is 14.7. The maximum atomic E-state index is 12.5. The number of nitrogens with two attached hydrogens (primary N) is 1. The Morgan fingerprint density at radius 2 is 2.00 bits per heavy atom. The molecule has 0 aliphatic carbocycles. The van der Waals surface area contributed by atoms with Crippen molar-refractivity contribution in [3.05, 3.63) is 47.8 Å². The molecule has 0 fully saturated rings. The van der Waals surface area contributed by atoms with E-state index >= 15 is 0 Å². The van der Waals surface area contributed by atoms with Crippen molar-refractivity contribution in [3.8, 4) is 11.5 Å². The molecule has 2 heterocycles. The fourth-order valence-electron chi connectivity index (χ4n) is 2.18. The third-order valence-electron chi connectivity index (χ3n) is 3.24. The quantitative estimate of drug-likeness (QED) is 0.929. The summed E-state index contributed by atoms with van der Waals surface area (Å²) in [5, 5.41) is 0. The van der Waals surface area contributed by atoms with Crippen molar-refractivity contribution in [2.45, 2.75) is 17.2 Å². The summed E-state index contributed by atoms with van der Waals surface area (Å²) in [5.74, 6) is 1.74. The van der Waals surface area contributed by atoms with Crippen LogP contribution in [0, 0.1) is 0 Å². The zero-order valence-electron chi connectivity index (χ0n) is 11.5. The molecule has 2 aromatic rings. The van der Waals surface area contributed by atoms with Gasteiger partial charge < -0.3 is 15.2 Å². The Morgan fingerprint density at radius 3 is 2.81 bits per heavy atom. The summed E-state index contributed by atoms with van der Waals surface area (Å²) in [6, 6.07) is 9.13. The number of benzene rings is 1. The van der Waals surface area contributed by atoms with Crippen molar-refractivity contribution in [1.29, 1.82) is 0 Å². The topological polar surface area (TPSA) is 74.4 Å². The fourth-order valence-corrected chi connectivity index (χ4v) is 3.35. The maximum absolute atomic E-state index is 12.5. The molecule has 1 aromatic carbocycles. The van der Waals surface area contributed by atoms with E-state index < -0.39 is 10.8 Å². The number of aromatic nitrogens is 1. The van der Waals surface area contributed by atoms with Crippen molar-refractivity contribution >= 4 is 10.8 Å². The first-order valence-corrected chi connectivity index (χ1v) is 8.00. The van der Waals surface area contributed by atoms with Crippen LogP contribution in [0.3, 0.4) is 0 Å². The average Bonchev–Trinajstić information content (AvgIpc) is 2.55. The molecule has 21 heavy (non-hydrogen) atoms. The number of nitrogens with zero attached hydrogens (tertiary/aromatic N) is 1. The molecule has 2 N–H and O–H groups in total. The third-order valence-corrected chi connectivity index (χ3v) is 4.59. The molecule has 3 rings (SSSR count). The second-order valence-electron chi connectivity index (χ2n) is 4.61. The summed E-state index contributed by atoms with van der Waals surface area (Å²) in [6.07, 6.45) is 1.69. The first kappa shape index (κ1) is 14.0. The number of rotatable bonds is 4. The molecular formula is C15H16N2O3S. The molecule has 1 aliphatic rings.